The Kier molecular flexibility index (Phi) is 9.49. The van der Waals surface area contributed by atoms with Crippen molar-refractivity contribution >= 4 is 56.0 Å². The number of hydrogen-bond acceptors (Lipinski definition) is 9. The Morgan fingerprint density at radius 3 is 2.47 bits per heavy atom. The second-order valence-corrected chi connectivity index (χ2v) is 9.96. The number of fused-ring (bicyclic) bond motifs is 1. The molecule has 0 unspecified atom stereocenters. The van der Waals surface area contributed by atoms with Crippen LogP contribution < -0.4 is 4.74 Å². The van der Waals surface area contributed by atoms with Crippen LogP contribution in [0.2, 0.25) is 5.02 Å². The van der Waals surface area contributed by atoms with Crippen molar-refractivity contribution in [1.82, 2.24) is 4.57 Å². The molecule has 12 heteroatoms. The van der Waals surface area contributed by atoms with E-state index in [0.29, 0.717) is 44.3 Å². The lowest BCUT2D eigenvalue weighted by molar-refractivity contribution is -0.756. The highest BCUT2D eigenvalue weighted by Crippen LogP contribution is 2.28. The normalized spacial score (nSPS) is 10.8. The predicted molar refractivity (Wildman–Crippen MR) is 132 cm³/mol. The van der Waals surface area contributed by atoms with Gasteiger partial charge in [-0.2, -0.15) is 0 Å². The van der Waals surface area contributed by atoms with Gasteiger partial charge in [0.15, 0.2) is 0 Å². The maximum Gasteiger partial charge on any atom is 0.310 e. The summed E-state index contributed by atoms with van der Waals surface area (Å²) in [7, 11) is 4.37. The molecule has 0 N–H and O–H groups in total. The molecular weight excluding hydrogens is 504 g/mol. The first-order valence-electron chi connectivity index (χ1n) is 10.0. The Hall–Kier alpha value is -2.89. The standard InChI is InChI=1S/C22H21ClN2O7S2/c1-30-18-6-7-20-19(13-18)16(14-24(20)22(27)15-2-4-17(23)5-3-15)12-21(26)31-8-10-33-34-11-9-32-25(28)29/h2-7,13-14H,8-12H2,1H3. The number of aromatic nitrogens is 1. The van der Waals surface area contributed by atoms with Gasteiger partial charge < -0.3 is 14.3 Å². The lowest BCUT2D eigenvalue weighted by atomic mass is 10.1. The van der Waals surface area contributed by atoms with Crippen LogP contribution in [0.4, 0.5) is 0 Å². The molecule has 0 aliphatic carbocycles. The molecule has 9 nitrogen and oxygen atoms in total. The average molecular weight is 525 g/mol. The fourth-order valence-electron chi connectivity index (χ4n) is 3.10. The smallest absolute Gasteiger partial charge is 0.310 e. The summed E-state index contributed by atoms with van der Waals surface area (Å²) in [5.41, 5.74) is 1.75. The van der Waals surface area contributed by atoms with Crippen LogP contribution in [0.5, 0.6) is 5.75 Å². The van der Waals surface area contributed by atoms with Gasteiger partial charge in [0.25, 0.3) is 11.0 Å². The van der Waals surface area contributed by atoms with E-state index in [1.165, 1.54) is 26.2 Å². The highest BCUT2D eigenvalue weighted by molar-refractivity contribution is 8.76. The minimum Gasteiger partial charge on any atom is -0.497 e. The number of halogens is 1. The molecule has 34 heavy (non-hydrogen) atoms. The first-order chi connectivity index (χ1) is 16.4. The summed E-state index contributed by atoms with van der Waals surface area (Å²) in [6.45, 7) is 0.199. The Labute approximate surface area is 208 Å². The van der Waals surface area contributed by atoms with Crippen molar-refractivity contribution in [1.29, 1.82) is 0 Å². The molecule has 0 saturated carbocycles. The van der Waals surface area contributed by atoms with E-state index in [4.69, 9.17) is 21.1 Å². The Morgan fingerprint density at radius 1 is 1.09 bits per heavy atom. The van der Waals surface area contributed by atoms with Crippen molar-refractivity contribution in [3.05, 3.63) is 74.9 Å². The Morgan fingerprint density at radius 2 is 1.79 bits per heavy atom. The predicted octanol–water partition coefficient (Wildman–Crippen LogP) is 4.67. The summed E-state index contributed by atoms with van der Waals surface area (Å²) >= 11 is 5.93. The molecule has 1 heterocycles. The van der Waals surface area contributed by atoms with E-state index in [9.17, 15) is 19.7 Å². The molecule has 0 radical (unpaired) electrons. The molecule has 3 rings (SSSR count). The van der Waals surface area contributed by atoms with Gasteiger partial charge in [-0.1, -0.05) is 33.2 Å². The van der Waals surface area contributed by atoms with Gasteiger partial charge in [-0.05, 0) is 48.0 Å². The number of nitrogens with zero attached hydrogens (tertiary/aromatic N) is 2. The Balaban J connectivity index is 1.65. The van der Waals surface area contributed by atoms with Crippen molar-refractivity contribution < 1.29 is 29.0 Å². The first-order valence-corrected chi connectivity index (χ1v) is 12.9. The van der Waals surface area contributed by atoms with Crippen molar-refractivity contribution in [3.8, 4) is 5.75 Å². The highest BCUT2D eigenvalue weighted by Gasteiger charge is 2.18. The number of benzene rings is 2. The molecule has 2 aromatic carbocycles. The first kappa shape index (κ1) is 25.7. The lowest BCUT2D eigenvalue weighted by Crippen LogP contribution is -2.11. The van der Waals surface area contributed by atoms with Crippen LogP contribution in [0, 0.1) is 10.1 Å². The van der Waals surface area contributed by atoms with Gasteiger partial charge in [0.1, 0.15) is 19.0 Å². The summed E-state index contributed by atoms with van der Waals surface area (Å²) in [6, 6.07) is 11.9. The number of ether oxygens (including phenoxy) is 2. The van der Waals surface area contributed by atoms with Crippen molar-refractivity contribution in [3.63, 3.8) is 0 Å². The largest absolute Gasteiger partial charge is 0.497 e. The van der Waals surface area contributed by atoms with Crippen LogP contribution in [0.15, 0.2) is 48.7 Å². The maximum absolute atomic E-state index is 13.1. The van der Waals surface area contributed by atoms with E-state index in [1.807, 2.05) is 0 Å². The summed E-state index contributed by atoms with van der Waals surface area (Å²) in [5, 5.41) is 10.5. The minimum absolute atomic E-state index is 0.00667. The molecule has 1 aromatic heterocycles. The lowest BCUT2D eigenvalue weighted by Gasteiger charge is -2.05. The monoisotopic (exact) mass is 524 g/mol. The van der Waals surface area contributed by atoms with Gasteiger partial charge in [-0.15, -0.1) is 10.1 Å². The van der Waals surface area contributed by atoms with E-state index in [1.54, 1.807) is 55.8 Å². The molecule has 0 bridgehead atoms. The highest BCUT2D eigenvalue weighted by atomic mass is 35.5. The molecule has 0 fully saturated rings. The van der Waals surface area contributed by atoms with Crippen LogP contribution in [-0.4, -0.2) is 53.4 Å². The van der Waals surface area contributed by atoms with E-state index >= 15 is 0 Å². The second kappa shape index (κ2) is 12.5. The van der Waals surface area contributed by atoms with Crippen LogP contribution in [0.3, 0.4) is 0 Å². The fourth-order valence-corrected chi connectivity index (χ4v) is 4.88. The quantitative estimate of drug-likeness (QED) is 0.110. The molecule has 0 amide bonds. The molecule has 3 aromatic rings. The van der Waals surface area contributed by atoms with Gasteiger partial charge in [0.05, 0.1) is 19.0 Å². The summed E-state index contributed by atoms with van der Waals surface area (Å²) in [4.78, 5) is 39.8. The van der Waals surface area contributed by atoms with Crippen LogP contribution in [-0.2, 0) is 20.8 Å². The van der Waals surface area contributed by atoms with Gasteiger partial charge in [0, 0.05) is 33.7 Å². The molecule has 180 valence electrons. The SMILES string of the molecule is COc1ccc2c(c1)c(CC(=O)OCCSSCCO[N+](=O)[O-])cn2C(=O)c1ccc(Cl)cc1. The third-order valence-electron chi connectivity index (χ3n) is 4.62. The summed E-state index contributed by atoms with van der Waals surface area (Å²) < 4.78 is 12.1. The number of methoxy groups -OCH3 is 1. The van der Waals surface area contributed by atoms with E-state index in [-0.39, 0.29) is 25.5 Å². The van der Waals surface area contributed by atoms with Gasteiger partial charge in [-0.25, -0.2) is 0 Å². The second-order valence-electron chi connectivity index (χ2n) is 6.82. The third-order valence-corrected chi connectivity index (χ3v) is 7.20. The number of hydrogen-bond donors (Lipinski definition) is 0. The zero-order chi connectivity index (χ0) is 24.5. The number of carbonyl (C=O) groups is 2. The van der Waals surface area contributed by atoms with E-state index < -0.39 is 11.1 Å². The maximum atomic E-state index is 13.1. The van der Waals surface area contributed by atoms with Crippen LogP contribution in [0.25, 0.3) is 10.9 Å². The Bertz CT molecular complexity index is 1170. The molecular formula is C22H21ClN2O7S2. The van der Waals surface area contributed by atoms with Crippen molar-refractivity contribution in [2.75, 3.05) is 31.8 Å². The summed E-state index contributed by atoms with van der Waals surface area (Å²) in [5.74, 6) is 0.902. The molecule has 0 saturated heterocycles. The number of carbonyl (C=O) groups excluding carboxylic acids is 2. The van der Waals surface area contributed by atoms with E-state index in [0.717, 1.165) is 0 Å². The molecule has 0 atom stereocenters. The third kappa shape index (κ3) is 7.05. The van der Waals surface area contributed by atoms with Gasteiger partial charge in [-0.3, -0.25) is 14.2 Å². The van der Waals surface area contributed by atoms with Crippen LogP contribution in [0.1, 0.15) is 15.9 Å². The average Bonchev–Trinajstić information content (AvgIpc) is 3.18. The van der Waals surface area contributed by atoms with Crippen LogP contribution >= 0.6 is 33.2 Å². The van der Waals surface area contributed by atoms with Gasteiger partial charge in [0.2, 0.25) is 0 Å². The topological polar surface area (TPSA) is 110 Å². The summed E-state index contributed by atoms with van der Waals surface area (Å²) in [6.07, 6.45) is 1.63. The zero-order valence-corrected chi connectivity index (χ0v) is 20.5. The minimum atomic E-state index is -0.831. The van der Waals surface area contributed by atoms with E-state index in [2.05, 4.69) is 4.84 Å². The molecule has 0 aliphatic heterocycles. The van der Waals surface area contributed by atoms with Crippen molar-refractivity contribution in [2.24, 2.45) is 0 Å². The zero-order valence-electron chi connectivity index (χ0n) is 18.1. The van der Waals surface area contributed by atoms with Crippen molar-refractivity contribution in [2.45, 2.75) is 6.42 Å². The number of rotatable bonds is 12. The molecule has 0 aliphatic rings. The molecule has 0 spiro atoms. The van der Waals surface area contributed by atoms with Gasteiger partial charge >= 0.3 is 5.97 Å². The number of esters is 1. The fraction of sp³-hybridized carbons (Fsp3) is 0.273.